The van der Waals surface area contributed by atoms with Crippen LogP contribution in [0.2, 0.25) is 0 Å². The zero-order valence-corrected chi connectivity index (χ0v) is 15.1. The largest absolute Gasteiger partial charge is 0.383 e. The van der Waals surface area contributed by atoms with Crippen molar-refractivity contribution < 1.29 is 19.1 Å². The molecule has 7 heteroatoms. The predicted octanol–water partition coefficient (Wildman–Crippen LogP) is 0.709. The second-order valence-electron chi connectivity index (χ2n) is 7.55. The fourth-order valence-corrected chi connectivity index (χ4v) is 4.73. The number of nitrogens with zero attached hydrogens (tertiary/aromatic N) is 1. The Morgan fingerprint density at radius 3 is 2.62 bits per heavy atom. The zero-order chi connectivity index (χ0) is 18.6. The molecule has 0 aromatic heterocycles. The van der Waals surface area contributed by atoms with Crippen molar-refractivity contribution in [2.45, 2.75) is 25.4 Å². The van der Waals surface area contributed by atoms with Crippen molar-refractivity contribution in [3.63, 3.8) is 0 Å². The molecule has 0 saturated carbocycles. The number of carbonyl (C=O) groups is 3. The topological polar surface area (TPSA) is 87.7 Å². The van der Waals surface area contributed by atoms with Crippen molar-refractivity contribution in [1.29, 1.82) is 0 Å². The van der Waals surface area contributed by atoms with Crippen LogP contribution in [0, 0.1) is 17.8 Å². The van der Waals surface area contributed by atoms with Crippen molar-refractivity contribution in [3.8, 4) is 0 Å². The van der Waals surface area contributed by atoms with Gasteiger partial charge in [0.2, 0.25) is 17.7 Å². The molecular formula is C19H23N3O4. The van der Waals surface area contributed by atoms with Crippen LogP contribution in [-0.4, -0.2) is 48.9 Å². The van der Waals surface area contributed by atoms with Crippen molar-refractivity contribution >= 4 is 23.4 Å². The first-order valence-corrected chi connectivity index (χ1v) is 8.96. The maximum atomic E-state index is 13.2. The van der Waals surface area contributed by atoms with E-state index in [0.717, 1.165) is 5.56 Å². The number of rotatable bonds is 4. The Bertz CT molecular complexity index is 793. The molecule has 2 N–H and O–H groups in total. The van der Waals surface area contributed by atoms with Gasteiger partial charge in [0, 0.05) is 24.4 Å². The summed E-state index contributed by atoms with van der Waals surface area (Å²) in [6.45, 7) is 4.50. The van der Waals surface area contributed by atoms with Crippen LogP contribution in [0.25, 0.3) is 0 Å². The third-order valence-corrected chi connectivity index (χ3v) is 5.89. The molecule has 7 nitrogen and oxygen atoms in total. The van der Waals surface area contributed by atoms with E-state index in [-0.39, 0.29) is 42.8 Å². The van der Waals surface area contributed by atoms with Crippen molar-refractivity contribution in [2.75, 3.05) is 25.6 Å². The molecule has 4 atom stereocenters. The summed E-state index contributed by atoms with van der Waals surface area (Å²) in [4.78, 5) is 40.6. The Morgan fingerprint density at radius 1 is 1.19 bits per heavy atom. The lowest BCUT2D eigenvalue weighted by Crippen LogP contribution is -2.54. The number of benzene rings is 1. The molecule has 26 heavy (non-hydrogen) atoms. The number of likely N-dealkylation sites (tertiary alicyclic amines) is 1. The van der Waals surface area contributed by atoms with E-state index in [1.54, 1.807) is 0 Å². The van der Waals surface area contributed by atoms with Gasteiger partial charge in [-0.2, -0.15) is 0 Å². The molecule has 1 aromatic rings. The predicted molar refractivity (Wildman–Crippen MR) is 94.1 cm³/mol. The van der Waals surface area contributed by atoms with Gasteiger partial charge in [0.15, 0.2) is 0 Å². The lowest BCUT2D eigenvalue weighted by atomic mass is 9.76. The molecule has 4 rings (SSSR count). The van der Waals surface area contributed by atoms with Crippen LogP contribution in [-0.2, 0) is 24.7 Å². The lowest BCUT2D eigenvalue weighted by molar-refractivity contribution is -0.143. The van der Waals surface area contributed by atoms with Gasteiger partial charge in [-0.25, -0.2) is 0 Å². The summed E-state index contributed by atoms with van der Waals surface area (Å²) in [5.74, 6) is -1.94. The number of hydrogen-bond donors (Lipinski definition) is 2. The third kappa shape index (κ3) is 2.04. The zero-order valence-electron chi connectivity index (χ0n) is 15.1. The molecule has 0 radical (unpaired) electrons. The monoisotopic (exact) mass is 357 g/mol. The summed E-state index contributed by atoms with van der Waals surface area (Å²) in [7, 11) is 1.53. The fraction of sp³-hybridized carbons (Fsp3) is 0.526. The van der Waals surface area contributed by atoms with Crippen LogP contribution < -0.4 is 10.6 Å². The normalized spacial score (nSPS) is 32.5. The Balaban J connectivity index is 1.85. The summed E-state index contributed by atoms with van der Waals surface area (Å²) >= 11 is 0. The first-order valence-electron chi connectivity index (χ1n) is 8.96. The second-order valence-corrected chi connectivity index (χ2v) is 7.55. The van der Waals surface area contributed by atoms with Gasteiger partial charge in [-0.3, -0.25) is 24.6 Å². The quantitative estimate of drug-likeness (QED) is 0.775. The Hall–Kier alpha value is -2.25. The smallest absolute Gasteiger partial charge is 0.250 e. The molecule has 1 aromatic carbocycles. The number of anilines is 1. The number of nitrogens with one attached hydrogen (secondary N) is 2. The molecule has 138 valence electrons. The van der Waals surface area contributed by atoms with Crippen LogP contribution in [0.5, 0.6) is 0 Å². The maximum Gasteiger partial charge on any atom is 0.250 e. The Kier molecular flexibility index (Phi) is 3.89. The molecule has 3 aliphatic heterocycles. The highest BCUT2D eigenvalue weighted by Crippen LogP contribution is 2.53. The number of carbonyl (C=O) groups excluding carboxylic acids is 3. The minimum atomic E-state index is -1.19. The van der Waals surface area contributed by atoms with Crippen LogP contribution in [0.1, 0.15) is 19.4 Å². The number of fused-ring (bicyclic) bond motifs is 4. The lowest BCUT2D eigenvalue weighted by Gasteiger charge is -2.30. The van der Waals surface area contributed by atoms with E-state index < -0.39 is 17.4 Å². The highest BCUT2D eigenvalue weighted by atomic mass is 16.5. The van der Waals surface area contributed by atoms with Gasteiger partial charge in [0.05, 0.1) is 25.0 Å². The molecule has 3 aliphatic rings. The molecule has 2 fully saturated rings. The first kappa shape index (κ1) is 17.2. The number of methoxy groups -OCH3 is 1. The highest BCUT2D eigenvalue weighted by molar-refractivity contribution is 6.15. The van der Waals surface area contributed by atoms with Crippen LogP contribution in [0.4, 0.5) is 5.69 Å². The molecule has 2 saturated heterocycles. The number of ether oxygens (including phenoxy) is 1. The van der Waals surface area contributed by atoms with Gasteiger partial charge >= 0.3 is 0 Å². The molecule has 0 aliphatic carbocycles. The summed E-state index contributed by atoms with van der Waals surface area (Å²) < 4.78 is 5.05. The highest BCUT2D eigenvalue weighted by Gasteiger charge is 2.70. The number of imide groups is 1. The van der Waals surface area contributed by atoms with E-state index in [1.165, 1.54) is 12.0 Å². The number of amides is 3. The SMILES string of the molecule is COCCN1C(=O)[C@@H]2C(C(C)C)NC3(C(=O)Nc4ccccc43)[C@@H]2C1=O. The van der Waals surface area contributed by atoms with Gasteiger partial charge in [0.1, 0.15) is 5.54 Å². The second kappa shape index (κ2) is 5.89. The van der Waals surface area contributed by atoms with E-state index in [9.17, 15) is 14.4 Å². The molecule has 3 heterocycles. The van der Waals surface area contributed by atoms with E-state index in [4.69, 9.17) is 4.74 Å². The molecule has 2 unspecified atom stereocenters. The van der Waals surface area contributed by atoms with Gasteiger partial charge in [-0.15, -0.1) is 0 Å². The van der Waals surface area contributed by atoms with E-state index in [0.29, 0.717) is 5.69 Å². The third-order valence-electron chi connectivity index (χ3n) is 5.89. The van der Waals surface area contributed by atoms with Crippen molar-refractivity contribution in [1.82, 2.24) is 10.2 Å². The molecular weight excluding hydrogens is 334 g/mol. The van der Waals surface area contributed by atoms with Gasteiger partial charge in [-0.05, 0) is 12.0 Å². The van der Waals surface area contributed by atoms with Crippen LogP contribution in [0.15, 0.2) is 24.3 Å². The van der Waals surface area contributed by atoms with Crippen molar-refractivity contribution in [2.24, 2.45) is 17.8 Å². The number of para-hydroxylation sites is 1. The molecule has 0 bridgehead atoms. The standard InChI is InChI=1S/C19H23N3O4/c1-10(2)15-13-14(17(24)22(16(13)23)8-9-26-3)19(21-15)11-6-4-5-7-12(11)20-18(19)25/h4-7,10,13-15,21H,8-9H2,1-3H3,(H,20,25)/t13-,14-,15?,19?/m0/s1. The van der Waals surface area contributed by atoms with Gasteiger partial charge < -0.3 is 10.1 Å². The molecule has 1 spiro atoms. The Labute approximate surface area is 152 Å². The summed E-state index contributed by atoms with van der Waals surface area (Å²) in [6, 6.07) is 7.13. The molecule has 3 amide bonds. The van der Waals surface area contributed by atoms with E-state index in [2.05, 4.69) is 10.6 Å². The summed E-state index contributed by atoms with van der Waals surface area (Å²) in [6.07, 6.45) is 0. The van der Waals surface area contributed by atoms with E-state index in [1.807, 2.05) is 38.1 Å². The summed E-state index contributed by atoms with van der Waals surface area (Å²) in [5, 5.41) is 6.29. The van der Waals surface area contributed by atoms with E-state index >= 15 is 0 Å². The average molecular weight is 357 g/mol. The minimum Gasteiger partial charge on any atom is -0.383 e. The summed E-state index contributed by atoms with van der Waals surface area (Å²) in [5.41, 5.74) is 0.256. The first-order chi connectivity index (χ1) is 12.4. The van der Waals surface area contributed by atoms with Gasteiger partial charge in [0.25, 0.3) is 0 Å². The fourth-order valence-electron chi connectivity index (χ4n) is 4.73. The maximum absolute atomic E-state index is 13.2. The number of hydrogen-bond acceptors (Lipinski definition) is 5. The minimum absolute atomic E-state index is 0.0987. The van der Waals surface area contributed by atoms with Crippen LogP contribution in [0.3, 0.4) is 0 Å². The Morgan fingerprint density at radius 2 is 1.92 bits per heavy atom. The van der Waals surface area contributed by atoms with Crippen molar-refractivity contribution in [3.05, 3.63) is 29.8 Å². The van der Waals surface area contributed by atoms with Crippen LogP contribution >= 0.6 is 0 Å². The average Bonchev–Trinajstić information content (AvgIpc) is 3.20. The van der Waals surface area contributed by atoms with Gasteiger partial charge in [-0.1, -0.05) is 32.0 Å².